The van der Waals surface area contributed by atoms with Gasteiger partial charge in [-0.15, -0.1) is 24.0 Å². The van der Waals surface area contributed by atoms with Gasteiger partial charge in [0.05, 0.1) is 12.2 Å². The third-order valence-corrected chi connectivity index (χ3v) is 5.37. The molecule has 3 atom stereocenters. The molecule has 24 heavy (non-hydrogen) atoms. The molecule has 2 fully saturated rings. The van der Waals surface area contributed by atoms with Gasteiger partial charge in [0.2, 0.25) is 0 Å². The number of fused-ring (bicyclic) bond motifs is 1. The van der Waals surface area contributed by atoms with Crippen molar-refractivity contribution >= 4 is 29.9 Å². The summed E-state index contributed by atoms with van der Waals surface area (Å²) in [5.74, 6) is 3.61. The maximum atomic E-state index is 4.42. The average molecular weight is 443 g/mol. The van der Waals surface area contributed by atoms with E-state index >= 15 is 0 Å². The van der Waals surface area contributed by atoms with E-state index in [2.05, 4.69) is 25.6 Å². The first-order chi connectivity index (χ1) is 11.2. The predicted molar refractivity (Wildman–Crippen MR) is 109 cm³/mol. The zero-order valence-electron chi connectivity index (χ0n) is 14.8. The number of aromatic nitrogens is 2. The standard InChI is InChI=1S/C18H29N5.HI/c1-13-20-10-9-17(22-13)12-21-18(19-2)23-16-8-7-14-5-3-4-6-15(14)11-16;/h9-10,14-16H,3-8,11-12H2,1-2H3,(H2,19,21,23);1H. The molecule has 1 aromatic heterocycles. The summed E-state index contributed by atoms with van der Waals surface area (Å²) in [6.07, 6.45) is 11.5. The van der Waals surface area contributed by atoms with Crippen LogP contribution in [-0.4, -0.2) is 29.0 Å². The van der Waals surface area contributed by atoms with Crippen molar-refractivity contribution in [2.75, 3.05) is 7.05 Å². The van der Waals surface area contributed by atoms with E-state index in [9.17, 15) is 0 Å². The van der Waals surface area contributed by atoms with Crippen molar-refractivity contribution in [3.8, 4) is 0 Å². The highest BCUT2D eigenvalue weighted by Gasteiger charge is 2.32. The number of hydrogen-bond acceptors (Lipinski definition) is 3. The number of halogens is 1. The van der Waals surface area contributed by atoms with Crippen LogP contribution in [0.3, 0.4) is 0 Å². The van der Waals surface area contributed by atoms with Crippen LogP contribution < -0.4 is 10.6 Å². The third-order valence-electron chi connectivity index (χ3n) is 5.37. The Morgan fingerprint density at radius 1 is 1.21 bits per heavy atom. The molecule has 134 valence electrons. The predicted octanol–water partition coefficient (Wildman–Crippen LogP) is 3.43. The number of aryl methyl sites for hydroxylation is 1. The fourth-order valence-electron chi connectivity index (χ4n) is 4.17. The van der Waals surface area contributed by atoms with E-state index in [1.54, 1.807) is 6.20 Å². The van der Waals surface area contributed by atoms with Crippen molar-refractivity contribution in [2.45, 2.75) is 64.5 Å². The summed E-state index contributed by atoms with van der Waals surface area (Å²) in [6.45, 7) is 2.60. The molecule has 0 spiro atoms. The Morgan fingerprint density at radius 2 is 2.00 bits per heavy atom. The highest BCUT2D eigenvalue weighted by Crippen LogP contribution is 2.40. The molecule has 5 nitrogen and oxygen atoms in total. The molecular formula is C18H30IN5. The van der Waals surface area contributed by atoms with E-state index in [1.807, 2.05) is 20.0 Å². The second kappa shape index (κ2) is 9.53. The van der Waals surface area contributed by atoms with Crippen molar-refractivity contribution < 1.29 is 0 Å². The van der Waals surface area contributed by atoms with Gasteiger partial charge < -0.3 is 10.6 Å². The highest BCUT2D eigenvalue weighted by atomic mass is 127. The van der Waals surface area contributed by atoms with Crippen LogP contribution in [0, 0.1) is 18.8 Å². The van der Waals surface area contributed by atoms with Gasteiger partial charge in [0, 0.05) is 19.3 Å². The first-order valence-corrected chi connectivity index (χ1v) is 9.00. The van der Waals surface area contributed by atoms with Crippen LogP contribution in [0.4, 0.5) is 0 Å². The van der Waals surface area contributed by atoms with Crippen molar-refractivity contribution in [1.29, 1.82) is 0 Å². The van der Waals surface area contributed by atoms with Gasteiger partial charge >= 0.3 is 0 Å². The lowest BCUT2D eigenvalue weighted by molar-refractivity contribution is 0.150. The lowest BCUT2D eigenvalue weighted by atomic mass is 9.69. The number of nitrogens with zero attached hydrogens (tertiary/aromatic N) is 3. The van der Waals surface area contributed by atoms with Crippen molar-refractivity contribution in [1.82, 2.24) is 20.6 Å². The fraction of sp³-hybridized carbons (Fsp3) is 0.722. The minimum atomic E-state index is 0. The Labute approximate surface area is 162 Å². The molecule has 2 aliphatic rings. The van der Waals surface area contributed by atoms with E-state index in [4.69, 9.17) is 0 Å². The van der Waals surface area contributed by atoms with Crippen LogP contribution in [0.15, 0.2) is 17.3 Å². The fourth-order valence-corrected chi connectivity index (χ4v) is 4.17. The molecule has 2 saturated carbocycles. The first-order valence-electron chi connectivity index (χ1n) is 9.00. The van der Waals surface area contributed by atoms with E-state index < -0.39 is 0 Å². The normalized spacial score (nSPS) is 26.9. The van der Waals surface area contributed by atoms with Gasteiger partial charge in [-0.1, -0.05) is 25.7 Å². The Kier molecular flexibility index (Phi) is 7.71. The second-order valence-electron chi connectivity index (χ2n) is 6.98. The molecule has 0 radical (unpaired) electrons. The number of aliphatic imine (C=N–C) groups is 1. The summed E-state index contributed by atoms with van der Waals surface area (Å²) in [4.78, 5) is 12.9. The molecule has 0 amide bonds. The number of guanidine groups is 1. The largest absolute Gasteiger partial charge is 0.354 e. The van der Waals surface area contributed by atoms with Gasteiger partial charge in [0.1, 0.15) is 5.82 Å². The summed E-state index contributed by atoms with van der Waals surface area (Å²) in [7, 11) is 1.84. The monoisotopic (exact) mass is 443 g/mol. The molecule has 3 rings (SSSR count). The number of rotatable bonds is 3. The van der Waals surface area contributed by atoms with Gasteiger partial charge in [-0.05, 0) is 44.1 Å². The van der Waals surface area contributed by atoms with Crippen LogP contribution >= 0.6 is 24.0 Å². The Morgan fingerprint density at radius 3 is 2.75 bits per heavy atom. The maximum Gasteiger partial charge on any atom is 0.191 e. The van der Waals surface area contributed by atoms with Crippen LogP contribution in [0.25, 0.3) is 0 Å². The van der Waals surface area contributed by atoms with Crippen LogP contribution in [-0.2, 0) is 6.54 Å². The first kappa shape index (κ1) is 19.4. The summed E-state index contributed by atoms with van der Waals surface area (Å²) in [5.41, 5.74) is 0.997. The molecule has 3 unspecified atom stereocenters. The van der Waals surface area contributed by atoms with Crippen molar-refractivity contribution in [3.05, 3.63) is 23.8 Å². The Bertz CT molecular complexity index is 548. The van der Waals surface area contributed by atoms with Gasteiger partial charge in [-0.3, -0.25) is 4.99 Å². The molecular weight excluding hydrogens is 413 g/mol. The molecule has 1 aromatic rings. The van der Waals surface area contributed by atoms with Crippen LogP contribution in [0.2, 0.25) is 0 Å². The van der Waals surface area contributed by atoms with E-state index in [1.165, 1.54) is 44.9 Å². The molecule has 0 bridgehead atoms. The lowest BCUT2D eigenvalue weighted by Gasteiger charge is -2.39. The quantitative estimate of drug-likeness (QED) is 0.427. The Hall–Kier alpha value is -0.920. The van der Waals surface area contributed by atoms with Gasteiger partial charge in [-0.2, -0.15) is 0 Å². The SMILES string of the molecule is CN=C(NCc1ccnc(C)n1)NC1CCC2CCCCC2C1.I. The molecule has 1 heterocycles. The number of nitrogens with one attached hydrogen (secondary N) is 2. The molecule has 0 aromatic carbocycles. The minimum Gasteiger partial charge on any atom is -0.354 e. The maximum absolute atomic E-state index is 4.42. The van der Waals surface area contributed by atoms with E-state index in [0.717, 1.165) is 29.3 Å². The molecule has 0 saturated heterocycles. The topological polar surface area (TPSA) is 62.2 Å². The number of hydrogen-bond donors (Lipinski definition) is 2. The molecule has 2 aliphatic carbocycles. The molecule has 6 heteroatoms. The highest BCUT2D eigenvalue weighted by molar-refractivity contribution is 14.0. The van der Waals surface area contributed by atoms with Gasteiger partial charge in [0.15, 0.2) is 5.96 Å². The summed E-state index contributed by atoms with van der Waals surface area (Å²) >= 11 is 0. The van der Waals surface area contributed by atoms with Crippen LogP contribution in [0.1, 0.15) is 56.5 Å². The third kappa shape index (κ3) is 5.29. The zero-order valence-corrected chi connectivity index (χ0v) is 17.1. The average Bonchev–Trinajstić information content (AvgIpc) is 2.58. The summed E-state index contributed by atoms with van der Waals surface area (Å²) < 4.78 is 0. The van der Waals surface area contributed by atoms with E-state index in [0.29, 0.717) is 12.6 Å². The van der Waals surface area contributed by atoms with Crippen molar-refractivity contribution in [2.24, 2.45) is 16.8 Å². The second-order valence-corrected chi connectivity index (χ2v) is 6.98. The minimum absolute atomic E-state index is 0. The smallest absolute Gasteiger partial charge is 0.191 e. The molecule has 2 N–H and O–H groups in total. The summed E-state index contributed by atoms with van der Waals surface area (Å²) in [5, 5.41) is 7.00. The lowest BCUT2D eigenvalue weighted by Crippen LogP contribution is -2.46. The van der Waals surface area contributed by atoms with Crippen LogP contribution in [0.5, 0.6) is 0 Å². The van der Waals surface area contributed by atoms with Gasteiger partial charge in [0.25, 0.3) is 0 Å². The Balaban J connectivity index is 0.00000208. The van der Waals surface area contributed by atoms with E-state index in [-0.39, 0.29) is 24.0 Å². The summed E-state index contributed by atoms with van der Waals surface area (Å²) in [6, 6.07) is 2.51. The van der Waals surface area contributed by atoms with Gasteiger partial charge in [-0.25, -0.2) is 9.97 Å². The molecule has 0 aliphatic heterocycles. The zero-order chi connectivity index (χ0) is 16.1. The van der Waals surface area contributed by atoms with Crippen molar-refractivity contribution in [3.63, 3.8) is 0 Å².